The van der Waals surface area contributed by atoms with Crippen LogP contribution in [0, 0.1) is 12.7 Å². The molecule has 1 fully saturated rings. The minimum absolute atomic E-state index is 0.0801. The molecule has 1 aliphatic rings. The number of halogens is 2. The summed E-state index contributed by atoms with van der Waals surface area (Å²) in [6, 6.07) is 5.46. The van der Waals surface area contributed by atoms with Crippen LogP contribution in [0.2, 0.25) is 5.02 Å². The van der Waals surface area contributed by atoms with Crippen LogP contribution in [0.4, 0.5) is 4.39 Å². The quantitative estimate of drug-likeness (QED) is 0.661. The largest absolute Gasteiger partial charge is 0.335 e. The maximum absolute atomic E-state index is 13.2. The van der Waals surface area contributed by atoms with Gasteiger partial charge in [-0.15, -0.1) is 0 Å². The number of carbonyl (C=O) groups excluding carboxylic acids is 2. The fourth-order valence-corrected chi connectivity index (χ4v) is 3.60. The van der Waals surface area contributed by atoms with Crippen molar-refractivity contribution in [2.24, 2.45) is 0 Å². The molecule has 4 rings (SSSR count). The van der Waals surface area contributed by atoms with E-state index in [-0.39, 0.29) is 22.4 Å². The molecule has 2 amide bonds. The number of fused-ring (bicyclic) bond motifs is 1. The van der Waals surface area contributed by atoms with Crippen LogP contribution in [0.25, 0.3) is 5.65 Å². The third-order valence-electron chi connectivity index (χ3n) is 4.80. The fraction of sp³-hybridized carbons (Fsp3) is 0.263. The van der Waals surface area contributed by atoms with Crippen molar-refractivity contribution in [2.45, 2.75) is 6.92 Å². The van der Waals surface area contributed by atoms with Crippen molar-refractivity contribution in [3.05, 3.63) is 64.3 Å². The van der Waals surface area contributed by atoms with E-state index in [2.05, 4.69) is 10.1 Å². The van der Waals surface area contributed by atoms with Gasteiger partial charge in [-0.3, -0.25) is 9.59 Å². The Labute approximate surface area is 165 Å². The van der Waals surface area contributed by atoms with E-state index in [0.717, 1.165) is 6.07 Å². The molecule has 0 bridgehead atoms. The number of aromatic nitrogens is 3. The van der Waals surface area contributed by atoms with Crippen LogP contribution in [-0.4, -0.2) is 62.4 Å². The highest BCUT2D eigenvalue weighted by Gasteiger charge is 2.29. The number of hydrogen-bond donors (Lipinski definition) is 0. The first-order valence-corrected chi connectivity index (χ1v) is 9.17. The molecular weight excluding hydrogens is 385 g/mol. The lowest BCUT2D eigenvalue weighted by atomic mass is 10.1. The third-order valence-corrected chi connectivity index (χ3v) is 5.11. The average molecular weight is 402 g/mol. The lowest BCUT2D eigenvalue weighted by Gasteiger charge is -2.34. The highest BCUT2D eigenvalue weighted by Crippen LogP contribution is 2.21. The lowest BCUT2D eigenvalue weighted by molar-refractivity contribution is 0.0536. The summed E-state index contributed by atoms with van der Waals surface area (Å²) in [5, 5.41) is 4.41. The van der Waals surface area contributed by atoms with Crippen LogP contribution in [-0.2, 0) is 0 Å². The summed E-state index contributed by atoms with van der Waals surface area (Å²) < 4.78 is 14.8. The summed E-state index contributed by atoms with van der Waals surface area (Å²) >= 11 is 5.99. The highest BCUT2D eigenvalue weighted by atomic mass is 35.5. The van der Waals surface area contributed by atoms with E-state index in [1.807, 2.05) is 0 Å². The first-order chi connectivity index (χ1) is 13.5. The monoisotopic (exact) mass is 401 g/mol. The Hall–Kier alpha value is -3.00. The van der Waals surface area contributed by atoms with Crippen LogP contribution < -0.4 is 0 Å². The van der Waals surface area contributed by atoms with E-state index < -0.39 is 5.82 Å². The van der Waals surface area contributed by atoms with Crippen LogP contribution in [0.5, 0.6) is 0 Å². The van der Waals surface area contributed by atoms with E-state index in [0.29, 0.717) is 43.1 Å². The molecule has 28 heavy (non-hydrogen) atoms. The minimum atomic E-state index is -0.491. The van der Waals surface area contributed by atoms with E-state index in [1.165, 1.54) is 12.1 Å². The highest BCUT2D eigenvalue weighted by molar-refractivity contribution is 6.33. The third kappa shape index (κ3) is 3.20. The second-order valence-corrected chi connectivity index (χ2v) is 6.96. The Balaban J connectivity index is 1.48. The molecule has 0 N–H and O–H groups in total. The van der Waals surface area contributed by atoms with E-state index in [1.54, 1.807) is 39.7 Å². The normalized spacial score (nSPS) is 14.5. The molecule has 3 aromatic rings. The molecule has 0 unspecified atom stereocenters. The van der Waals surface area contributed by atoms with Crippen LogP contribution in [0.3, 0.4) is 0 Å². The molecule has 144 valence electrons. The van der Waals surface area contributed by atoms with Crippen molar-refractivity contribution in [3.8, 4) is 0 Å². The topological polar surface area (TPSA) is 70.8 Å². The SMILES string of the molecule is Cc1nn2cccnc2c1C(=O)N1CCN(C(=O)c2ccc(F)cc2Cl)CC1. The zero-order valence-corrected chi connectivity index (χ0v) is 15.9. The molecule has 0 radical (unpaired) electrons. The predicted octanol–water partition coefficient (Wildman–Crippen LogP) is 2.43. The van der Waals surface area contributed by atoms with Gasteiger partial charge in [-0.2, -0.15) is 5.10 Å². The number of aryl methyl sites for hydroxylation is 1. The standard InChI is InChI=1S/C19H17ClFN5O2/c1-12-16(17-22-5-2-6-26(17)23-12)19(28)25-9-7-24(8-10-25)18(27)14-4-3-13(21)11-15(14)20/h2-6,11H,7-10H2,1H3. The van der Waals surface area contributed by atoms with Gasteiger partial charge in [0.05, 0.1) is 16.3 Å². The minimum Gasteiger partial charge on any atom is -0.335 e. The van der Waals surface area contributed by atoms with Gasteiger partial charge in [-0.05, 0) is 31.2 Å². The molecule has 0 aliphatic carbocycles. The molecule has 0 saturated carbocycles. The Morgan fingerprint density at radius 3 is 2.46 bits per heavy atom. The number of carbonyl (C=O) groups is 2. The van der Waals surface area contributed by atoms with Crippen LogP contribution >= 0.6 is 11.6 Å². The molecule has 9 heteroatoms. The molecule has 3 heterocycles. The molecular formula is C19H17ClFN5O2. The number of piperazine rings is 1. The van der Waals surface area contributed by atoms with E-state index >= 15 is 0 Å². The van der Waals surface area contributed by atoms with Crippen molar-refractivity contribution < 1.29 is 14.0 Å². The van der Waals surface area contributed by atoms with Crippen molar-refractivity contribution in [2.75, 3.05) is 26.2 Å². The summed E-state index contributed by atoms with van der Waals surface area (Å²) in [7, 11) is 0. The van der Waals surface area contributed by atoms with Gasteiger partial charge in [0.25, 0.3) is 11.8 Å². The maximum atomic E-state index is 13.2. The van der Waals surface area contributed by atoms with Gasteiger partial charge in [-0.25, -0.2) is 13.9 Å². The van der Waals surface area contributed by atoms with E-state index in [9.17, 15) is 14.0 Å². The van der Waals surface area contributed by atoms with Crippen molar-refractivity contribution in [1.82, 2.24) is 24.4 Å². The number of rotatable bonds is 2. The van der Waals surface area contributed by atoms with Gasteiger partial charge in [0.2, 0.25) is 0 Å². The molecule has 1 saturated heterocycles. The van der Waals surface area contributed by atoms with Gasteiger partial charge in [-0.1, -0.05) is 11.6 Å². The number of nitrogens with zero attached hydrogens (tertiary/aromatic N) is 5. The first kappa shape index (κ1) is 18.4. The summed E-state index contributed by atoms with van der Waals surface area (Å²) in [6.45, 7) is 3.27. The number of hydrogen-bond acceptors (Lipinski definition) is 4. The Kier molecular flexibility index (Phi) is 4.72. The summed E-state index contributed by atoms with van der Waals surface area (Å²) in [5.41, 5.74) is 1.86. The summed E-state index contributed by atoms with van der Waals surface area (Å²) in [6.07, 6.45) is 3.37. The van der Waals surface area contributed by atoms with Crippen molar-refractivity contribution in [3.63, 3.8) is 0 Å². The smallest absolute Gasteiger partial charge is 0.259 e. The second-order valence-electron chi connectivity index (χ2n) is 6.56. The predicted molar refractivity (Wildman–Crippen MR) is 101 cm³/mol. The van der Waals surface area contributed by atoms with Gasteiger partial charge in [0.15, 0.2) is 5.65 Å². The van der Waals surface area contributed by atoms with Gasteiger partial charge < -0.3 is 9.80 Å². The van der Waals surface area contributed by atoms with Gasteiger partial charge >= 0.3 is 0 Å². The summed E-state index contributed by atoms with van der Waals surface area (Å²) in [4.78, 5) is 33.2. The molecule has 2 aromatic heterocycles. The van der Waals surface area contributed by atoms with E-state index in [4.69, 9.17) is 11.6 Å². The van der Waals surface area contributed by atoms with Crippen LogP contribution in [0.1, 0.15) is 26.4 Å². The Morgan fingerprint density at radius 2 is 1.79 bits per heavy atom. The Bertz CT molecular complexity index is 1080. The fourth-order valence-electron chi connectivity index (χ4n) is 3.35. The number of benzene rings is 1. The maximum Gasteiger partial charge on any atom is 0.259 e. The lowest BCUT2D eigenvalue weighted by Crippen LogP contribution is -2.50. The van der Waals surface area contributed by atoms with Gasteiger partial charge in [0, 0.05) is 38.6 Å². The molecule has 0 spiro atoms. The first-order valence-electron chi connectivity index (χ1n) is 8.79. The molecule has 1 aliphatic heterocycles. The average Bonchev–Trinajstić information content (AvgIpc) is 3.03. The van der Waals surface area contributed by atoms with Gasteiger partial charge in [0.1, 0.15) is 11.4 Å². The summed E-state index contributed by atoms with van der Waals surface area (Å²) in [5.74, 6) is -0.918. The molecule has 0 atom stereocenters. The van der Waals surface area contributed by atoms with Crippen molar-refractivity contribution in [1.29, 1.82) is 0 Å². The second kappa shape index (κ2) is 7.20. The zero-order chi connectivity index (χ0) is 19.8. The number of amides is 2. The molecule has 1 aromatic carbocycles. The Morgan fingerprint density at radius 1 is 1.11 bits per heavy atom. The zero-order valence-electron chi connectivity index (χ0n) is 15.1. The van der Waals surface area contributed by atoms with Crippen LogP contribution in [0.15, 0.2) is 36.7 Å². The van der Waals surface area contributed by atoms with Crippen molar-refractivity contribution >= 4 is 29.1 Å². The molecule has 7 nitrogen and oxygen atoms in total.